The maximum Gasteiger partial charge on any atom is 0.473 e. The van der Waals surface area contributed by atoms with Crippen molar-refractivity contribution in [2.45, 2.75) is 73.2 Å². The van der Waals surface area contributed by atoms with Gasteiger partial charge in [0.25, 0.3) is 0 Å². The van der Waals surface area contributed by atoms with Crippen LogP contribution in [0.5, 0.6) is 0 Å². The molecule has 16 atom stereocenters. The number of methoxy groups -OCH3 is 3. The first-order valence-electron chi connectivity index (χ1n) is 14.0. The zero-order valence-electron chi connectivity index (χ0n) is 27.1. The molecule has 0 saturated heterocycles. The number of phosphoric acid groups is 3. The van der Waals surface area contributed by atoms with Gasteiger partial charge in [0.05, 0.1) is 0 Å². The molecule has 316 valence electrons. The largest absolute Gasteiger partial charge is 0.473 e. The second-order valence-corrected chi connectivity index (χ2v) is 19.9. The molecule has 0 spiro atoms. The van der Waals surface area contributed by atoms with Gasteiger partial charge in [-0.2, -0.15) is 0 Å². The molecular weight excluding hydrogens is 866 g/mol. The van der Waals surface area contributed by atoms with Crippen LogP contribution in [0.3, 0.4) is 0 Å². The van der Waals surface area contributed by atoms with E-state index in [2.05, 4.69) is 13.6 Å². The van der Waals surface area contributed by atoms with Crippen molar-refractivity contribution in [2.75, 3.05) is 40.4 Å². The van der Waals surface area contributed by atoms with Crippen LogP contribution in [0, 0.1) is 0 Å². The summed E-state index contributed by atoms with van der Waals surface area (Å²) in [6.45, 7) is 0. The molecule has 0 aromatic rings. The summed E-state index contributed by atoms with van der Waals surface area (Å²) in [6.07, 6.45) is -35.2. The first-order chi connectivity index (χ1) is 24.0. The second kappa shape index (κ2) is 19.0. The molecule has 2 aliphatic carbocycles. The van der Waals surface area contributed by atoms with Gasteiger partial charge in [-0.25, -0.2) is 13.7 Å². The summed E-state index contributed by atoms with van der Waals surface area (Å²) in [6, 6.07) is 0. The second-order valence-electron chi connectivity index (χ2n) is 10.9. The van der Waals surface area contributed by atoms with E-state index >= 15 is 0 Å². The van der Waals surface area contributed by atoms with Crippen molar-refractivity contribution in [3.8, 4) is 0 Å². The number of ether oxygens (including phenoxy) is 3. The molecule has 0 aromatic heterocycles. The molecule has 0 amide bonds. The molecule has 2 rings (SSSR count). The summed E-state index contributed by atoms with van der Waals surface area (Å²) in [7, 11) is -31.2. The summed E-state index contributed by atoms with van der Waals surface area (Å²) < 4.78 is 124. The van der Waals surface area contributed by atoms with Crippen molar-refractivity contribution < 1.29 is 138 Å². The standard InChI is InChI=1S/C18H40O29P6/c1-38-11-12(39-2)16(44-51(30,31)32)18(17(13(11)40-3)45-52(33,34)35)47-53(36,37)46-10-8(23)7(22)9(41-48(24,25)4-19)14(42-49(26,27)5-20)15(10)43-50(28,29)6-21/h7-23H,4-6H2,1-3H3,(H,24,25)(H,26,27)(H,28,29)(H,36,37)(H2,30,31,32)(H2,33,34,35)/t7-,8-,9+,10+,11-,12-,13+,14-,15+,16+,17+,18-/m1/s1. The molecule has 2 aliphatic rings. The van der Waals surface area contributed by atoms with Gasteiger partial charge in [0.2, 0.25) is 0 Å². The van der Waals surface area contributed by atoms with Crippen molar-refractivity contribution in [1.29, 1.82) is 0 Å². The van der Waals surface area contributed by atoms with E-state index in [-0.39, 0.29) is 0 Å². The molecule has 4 unspecified atom stereocenters. The molecule has 35 heteroatoms. The lowest BCUT2D eigenvalue weighted by Crippen LogP contribution is -2.67. The first kappa shape index (κ1) is 49.6. The van der Waals surface area contributed by atoms with Crippen LogP contribution >= 0.6 is 46.3 Å². The minimum Gasteiger partial charge on any atom is -0.387 e. The predicted octanol–water partition coefficient (Wildman–Crippen LogP) is -3.83. The summed E-state index contributed by atoms with van der Waals surface area (Å²) in [5.41, 5.74) is 0. The van der Waals surface area contributed by atoms with E-state index in [9.17, 15) is 92.1 Å². The van der Waals surface area contributed by atoms with Crippen molar-refractivity contribution in [3.63, 3.8) is 0 Å². The van der Waals surface area contributed by atoms with Gasteiger partial charge in [-0.05, 0) is 0 Å². The first-order valence-corrected chi connectivity index (χ1v) is 23.8. The summed E-state index contributed by atoms with van der Waals surface area (Å²) in [5, 5.41) is 49.7. The van der Waals surface area contributed by atoms with Crippen LogP contribution < -0.4 is 0 Å². The number of hydrogen-bond acceptors (Lipinski definition) is 21. The third kappa shape index (κ3) is 13.8. The fourth-order valence-electron chi connectivity index (χ4n) is 5.24. The van der Waals surface area contributed by atoms with Crippen LogP contribution in [0.15, 0.2) is 0 Å². The van der Waals surface area contributed by atoms with Crippen molar-refractivity contribution in [3.05, 3.63) is 0 Å². The lowest BCUT2D eigenvalue weighted by atomic mass is 9.84. The fourth-order valence-corrected chi connectivity index (χ4v) is 9.57. The molecule has 2 saturated carbocycles. The fraction of sp³-hybridized carbons (Fsp3) is 1.00. The van der Waals surface area contributed by atoms with Crippen LogP contribution in [0.25, 0.3) is 0 Å². The van der Waals surface area contributed by atoms with Crippen LogP contribution in [0.1, 0.15) is 0 Å². The Morgan fingerprint density at radius 2 is 0.604 bits per heavy atom. The SMILES string of the molecule is CO[C@@H]1[C@@H](OC)[C@H](OP(=O)(O)O)[C@@H](OP(=O)(O)O[C@H]2[C@H](O)[C@@H](O)[C@H](OP(=O)(O)CO)[C@@H](OP(=O)(O)CO)[C@H]2OP(=O)(O)CO)[C@@H](OP(=O)(O)O)[C@H]1OC. The summed E-state index contributed by atoms with van der Waals surface area (Å²) in [5.74, 6) is 0. The highest BCUT2D eigenvalue weighted by Crippen LogP contribution is 2.58. The number of phosphoric ester groups is 3. The predicted molar refractivity (Wildman–Crippen MR) is 163 cm³/mol. The molecule has 29 nitrogen and oxygen atoms in total. The number of aliphatic hydroxyl groups is 5. The lowest BCUT2D eigenvalue weighted by Gasteiger charge is -2.49. The highest BCUT2D eigenvalue weighted by molar-refractivity contribution is 7.53. The molecule has 0 bridgehead atoms. The maximum atomic E-state index is 13.7. The monoisotopic (exact) mass is 906 g/mol. The Morgan fingerprint density at radius 1 is 0.377 bits per heavy atom. The van der Waals surface area contributed by atoms with E-state index in [1.54, 1.807) is 0 Å². The summed E-state index contributed by atoms with van der Waals surface area (Å²) >= 11 is 0. The van der Waals surface area contributed by atoms with Crippen LogP contribution in [0.4, 0.5) is 0 Å². The number of aliphatic hydroxyl groups excluding tert-OH is 5. The third-order valence-electron chi connectivity index (χ3n) is 7.18. The van der Waals surface area contributed by atoms with E-state index in [1.165, 1.54) is 0 Å². The normalized spacial score (nSPS) is 37.6. The third-order valence-corrected chi connectivity index (χ3v) is 12.0. The van der Waals surface area contributed by atoms with Crippen molar-refractivity contribution >= 4 is 46.3 Å². The van der Waals surface area contributed by atoms with E-state index in [0.29, 0.717) is 0 Å². The Morgan fingerprint density at radius 3 is 0.887 bits per heavy atom. The lowest BCUT2D eigenvalue weighted by molar-refractivity contribution is -0.235. The van der Waals surface area contributed by atoms with E-state index < -0.39 is 139 Å². The smallest absolute Gasteiger partial charge is 0.387 e. The number of rotatable bonds is 20. The van der Waals surface area contributed by atoms with Gasteiger partial charge in [-0.1, -0.05) is 0 Å². The van der Waals surface area contributed by atoms with Gasteiger partial charge in [0, 0.05) is 21.3 Å². The molecule has 2 fully saturated rings. The minimum atomic E-state index is -6.29. The zero-order valence-corrected chi connectivity index (χ0v) is 32.4. The Hall–Kier alpha value is 0.460. The topological polar surface area (TPSA) is 458 Å². The van der Waals surface area contributed by atoms with Crippen LogP contribution in [-0.2, 0) is 73.3 Å². The Balaban J connectivity index is 2.81. The molecule has 0 aromatic carbocycles. The molecule has 0 heterocycles. The molecular formula is C18H40O29P6. The van der Waals surface area contributed by atoms with Crippen LogP contribution in [0.2, 0.25) is 0 Å². The zero-order chi connectivity index (χ0) is 41.1. The van der Waals surface area contributed by atoms with Gasteiger partial charge >= 0.3 is 46.3 Å². The molecule has 0 radical (unpaired) electrons. The van der Waals surface area contributed by atoms with Crippen molar-refractivity contribution in [2.24, 2.45) is 0 Å². The Kier molecular flexibility index (Phi) is 17.8. The van der Waals surface area contributed by atoms with Crippen LogP contribution in [-0.4, -0.2) is 178 Å². The van der Waals surface area contributed by atoms with Gasteiger partial charge in [-0.15, -0.1) is 0 Å². The summed E-state index contributed by atoms with van der Waals surface area (Å²) in [4.78, 5) is 79.3. The van der Waals surface area contributed by atoms with Crippen molar-refractivity contribution in [1.82, 2.24) is 0 Å². The molecule has 13 N–H and O–H groups in total. The van der Waals surface area contributed by atoms with E-state index in [4.69, 9.17) is 32.3 Å². The Labute approximate surface area is 297 Å². The average Bonchev–Trinajstić information content (AvgIpc) is 3.03. The van der Waals surface area contributed by atoms with Gasteiger partial charge in [0.1, 0.15) is 92.3 Å². The highest BCUT2D eigenvalue weighted by atomic mass is 31.2. The Bertz CT molecular complexity index is 1460. The minimum absolute atomic E-state index is 0.888. The van der Waals surface area contributed by atoms with Gasteiger partial charge in [0.15, 0.2) is 0 Å². The quantitative estimate of drug-likeness (QED) is 0.0520. The van der Waals surface area contributed by atoms with Gasteiger partial charge < -0.3 is 78.9 Å². The highest BCUT2D eigenvalue weighted by Gasteiger charge is 2.62. The van der Waals surface area contributed by atoms with E-state index in [0.717, 1.165) is 21.3 Å². The maximum absolute atomic E-state index is 13.7. The molecule has 53 heavy (non-hydrogen) atoms. The number of hydrogen-bond donors (Lipinski definition) is 13. The average molecular weight is 906 g/mol. The molecule has 0 aliphatic heterocycles. The van der Waals surface area contributed by atoms with Gasteiger partial charge in [-0.3, -0.25) is 45.4 Å². The van der Waals surface area contributed by atoms with E-state index in [1.807, 2.05) is 0 Å².